The van der Waals surface area contributed by atoms with Crippen molar-refractivity contribution >= 4 is 22.5 Å². The minimum Gasteiger partial charge on any atom is -0.382 e. The average Bonchev–Trinajstić information content (AvgIpc) is 2.75. The number of aromatic nitrogens is 3. The summed E-state index contributed by atoms with van der Waals surface area (Å²) < 4.78 is 0. The van der Waals surface area contributed by atoms with Gasteiger partial charge in [-0.05, 0) is 31.5 Å². The molecule has 1 aliphatic rings. The summed E-state index contributed by atoms with van der Waals surface area (Å²) in [6.07, 6.45) is 5.24. The van der Waals surface area contributed by atoms with Gasteiger partial charge in [-0.15, -0.1) is 0 Å². The summed E-state index contributed by atoms with van der Waals surface area (Å²) in [5.74, 6) is 0.804. The molecule has 0 spiro atoms. The maximum absolute atomic E-state index is 9.54. The van der Waals surface area contributed by atoms with Crippen LogP contribution in [0, 0.1) is 25.2 Å². The summed E-state index contributed by atoms with van der Waals surface area (Å²) in [6, 6.07) is 8.35. The van der Waals surface area contributed by atoms with Crippen LogP contribution in [0.15, 0.2) is 36.8 Å². The number of hydrogen-bond acceptors (Lipinski definition) is 7. The fourth-order valence-electron chi connectivity index (χ4n) is 3.90. The number of aryl methyl sites for hydroxylation is 2. The molecule has 1 aromatic carbocycles. The summed E-state index contributed by atoms with van der Waals surface area (Å²) in [6.45, 7) is 9.62. The second-order valence-electron chi connectivity index (χ2n) is 7.44. The van der Waals surface area contributed by atoms with Crippen LogP contribution in [0.25, 0.3) is 10.9 Å². The van der Waals surface area contributed by atoms with Gasteiger partial charge in [-0.1, -0.05) is 11.6 Å². The second kappa shape index (κ2) is 8.41. The van der Waals surface area contributed by atoms with Crippen LogP contribution in [-0.2, 0) is 0 Å². The number of nitrogens with one attached hydrogen (secondary N) is 1. The molecular weight excluding hydrogens is 362 g/mol. The Hall–Kier alpha value is -3.24. The molecule has 0 aliphatic carbocycles. The predicted molar refractivity (Wildman–Crippen MR) is 115 cm³/mol. The first-order valence-electron chi connectivity index (χ1n) is 9.94. The van der Waals surface area contributed by atoms with Crippen molar-refractivity contribution in [2.24, 2.45) is 0 Å². The van der Waals surface area contributed by atoms with Gasteiger partial charge in [0.1, 0.15) is 6.07 Å². The minimum absolute atomic E-state index is 0.591. The predicted octanol–water partition coefficient (Wildman–Crippen LogP) is 2.75. The van der Waals surface area contributed by atoms with E-state index in [1.54, 1.807) is 18.6 Å². The molecule has 1 N–H and O–H groups in total. The zero-order chi connectivity index (χ0) is 20.2. The largest absolute Gasteiger partial charge is 0.382 e. The third-order valence-corrected chi connectivity index (χ3v) is 5.36. The summed E-state index contributed by atoms with van der Waals surface area (Å²) >= 11 is 0. The van der Waals surface area contributed by atoms with E-state index < -0.39 is 0 Å². The topological polar surface area (TPSA) is 81.0 Å². The van der Waals surface area contributed by atoms with Crippen LogP contribution >= 0.6 is 0 Å². The monoisotopic (exact) mass is 387 g/mol. The molecule has 3 aromatic rings. The van der Waals surface area contributed by atoms with Crippen LogP contribution in [0.3, 0.4) is 0 Å². The summed E-state index contributed by atoms with van der Waals surface area (Å²) in [4.78, 5) is 17.8. The van der Waals surface area contributed by atoms with E-state index in [1.807, 2.05) is 6.07 Å². The standard InChI is InChI=1S/C22H25N7/c1-16-12-17(2)20-19(13-16)21(18(14-23)15-27-20)24-6-7-28-8-10-29(11-9-28)22-25-4-3-5-26-22/h3-5,12-13,15H,6-11H2,1-2H3,(H,24,27). The van der Waals surface area contributed by atoms with Crippen molar-refractivity contribution in [1.29, 1.82) is 5.26 Å². The Morgan fingerprint density at radius 2 is 1.83 bits per heavy atom. The third kappa shape index (κ3) is 4.13. The molecular formula is C22H25N7. The molecule has 0 bridgehead atoms. The normalized spacial score (nSPS) is 14.7. The Labute approximate surface area is 171 Å². The van der Waals surface area contributed by atoms with Gasteiger partial charge in [-0.3, -0.25) is 9.88 Å². The van der Waals surface area contributed by atoms with Gasteiger partial charge >= 0.3 is 0 Å². The van der Waals surface area contributed by atoms with Crippen LogP contribution in [0.4, 0.5) is 11.6 Å². The smallest absolute Gasteiger partial charge is 0.225 e. The quantitative estimate of drug-likeness (QED) is 0.721. The lowest BCUT2D eigenvalue weighted by Crippen LogP contribution is -2.48. The molecule has 1 saturated heterocycles. The number of nitrogens with zero attached hydrogens (tertiary/aromatic N) is 6. The van der Waals surface area contributed by atoms with E-state index in [4.69, 9.17) is 0 Å². The Kier molecular flexibility index (Phi) is 5.54. The molecule has 1 fully saturated rings. The van der Waals surface area contributed by atoms with E-state index in [2.05, 4.69) is 62.1 Å². The molecule has 3 heterocycles. The molecule has 148 valence electrons. The molecule has 2 aromatic heterocycles. The van der Waals surface area contributed by atoms with Crippen LogP contribution in [0.2, 0.25) is 0 Å². The molecule has 29 heavy (non-hydrogen) atoms. The van der Waals surface area contributed by atoms with Gasteiger partial charge in [-0.25, -0.2) is 9.97 Å². The van der Waals surface area contributed by atoms with Gasteiger partial charge in [0.25, 0.3) is 0 Å². The fraction of sp³-hybridized carbons (Fsp3) is 0.364. The van der Waals surface area contributed by atoms with E-state index >= 15 is 0 Å². The number of hydrogen-bond donors (Lipinski definition) is 1. The summed E-state index contributed by atoms with van der Waals surface area (Å²) in [7, 11) is 0. The first-order valence-corrected chi connectivity index (χ1v) is 9.94. The van der Waals surface area contributed by atoms with E-state index in [0.29, 0.717) is 5.56 Å². The van der Waals surface area contributed by atoms with E-state index in [9.17, 15) is 5.26 Å². The molecule has 7 nitrogen and oxygen atoms in total. The van der Waals surface area contributed by atoms with Gasteiger partial charge < -0.3 is 10.2 Å². The first-order chi connectivity index (χ1) is 14.2. The number of piperazine rings is 1. The first kappa shape index (κ1) is 19.1. The number of rotatable bonds is 5. The Balaban J connectivity index is 1.40. The number of benzene rings is 1. The van der Waals surface area contributed by atoms with Gasteiger partial charge in [0.2, 0.25) is 5.95 Å². The lowest BCUT2D eigenvalue weighted by Gasteiger charge is -2.34. The zero-order valence-electron chi connectivity index (χ0n) is 16.9. The zero-order valence-corrected chi connectivity index (χ0v) is 16.9. The van der Waals surface area contributed by atoms with Crippen molar-refractivity contribution in [1.82, 2.24) is 19.9 Å². The van der Waals surface area contributed by atoms with Gasteiger partial charge in [0.15, 0.2) is 0 Å². The van der Waals surface area contributed by atoms with Crippen LogP contribution in [0.1, 0.15) is 16.7 Å². The minimum atomic E-state index is 0.591. The fourth-order valence-corrected chi connectivity index (χ4v) is 3.90. The van der Waals surface area contributed by atoms with Crippen molar-refractivity contribution < 1.29 is 0 Å². The van der Waals surface area contributed by atoms with Crippen molar-refractivity contribution in [3.8, 4) is 6.07 Å². The maximum atomic E-state index is 9.54. The number of fused-ring (bicyclic) bond motifs is 1. The molecule has 4 rings (SSSR count). The highest BCUT2D eigenvalue weighted by Crippen LogP contribution is 2.28. The number of pyridine rings is 1. The Morgan fingerprint density at radius 3 is 2.55 bits per heavy atom. The van der Waals surface area contributed by atoms with Gasteiger partial charge in [0.05, 0.1) is 16.8 Å². The van der Waals surface area contributed by atoms with Crippen LogP contribution < -0.4 is 10.2 Å². The van der Waals surface area contributed by atoms with Crippen LogP contribution in [-0.4, -0.2) is 59.1 Å². The number of nitriles is 1. The summed E-state index contributed by atoms with van der Waals surface area (Å²) in [5.41, 5.74) is 4.74. The summed E-state index contributed by atoms with van der Waals surface area (Å²) in [5, 5.41) is 14.1. The van der Waals surface area contributed by atoms with Crippen molar-refractivity contribution in [3.05, 3.63) is 53.5 Å². The Morgan fingerprint density at radius 1 is 1.07 bits per heavy atom. The van der Waals surface area contributed by atoms with E-state index in [1.165, 1.54) is 5.56 Å². The van der Waals surface area contributed by atoms with E-state index in [-0.39, 0.29) is 0 Å². The molecule has 0 atom stereocenters. The molecule has 0 amide bonds. The lowest BCUT2D eigenvalue weighted by molar-refractivity contribution is 0.266. The maximum Gasteiger partial charge on any atom is 0.225 e. The molecule has 0 saturated carbocycles. The molecule has 0 radical (unpaired) electrons. The Bertz CT molecular complexity index is 1030. The number of anilines is 2. The highest BCUT2D eigenvalue weighted by Gasteiger charge is 2.18. The van der Waals surface area contributed by atoms with E-state index in [0.717, 1.165) is 67.4 Å². The molecule has 0 unspecified atom stereocenters. The van der Waals surface area contributed by atoms with Crippen LogP contribution in [0.5, 0.6) is 0 Å². The highest BCUT2D eigenvalue weighted by molar-refractivity contribution is 5.96. The second-order valence-corrected chi connectivity index (χ2v) is 7.44. The molecule has 1 aliphatic heterocycles. The van der Waals surface area contributed by atoms with Crippen molar-refractivity contribution in [2.75, 3.05) is 49.5 Å². The van der Waals surface area contributed by atoms with Crippen molar-refractivity contribution in [2.45, 2.75) is 13.8 Å². The average molecular weight is 387 g/mol. The van der Waals surface area contributed by atoms with Gasteiger partial charge in [-0.2, -0.15) is 5.26 Å². The van der Waals surface area contributed by atoms with Gasteiger partial charge in [0, 0.05) is 63.2 Å². The SMILES string of the molecule is Cc1cc(C)c2ncc(C#N)c(NCCN3CCN(c4ncccn4)CC3)c2c1. The lowest BCUT2D eigenvalue weighted by atomic mass is 10.0. The highest BCUT2D eigenvalue weighted by atomic mass is 15.3. The third-order valence-electron chi connectivity index (χ3n) is 5.36. The molecule has 7 heteroatoms. The van der Waals surface area contributed by atoms with Crippen molar-refractivity contribution in [3.63, 3.8) is 0 Å².